The molecule has 0 atom stereocenters. The molecule has 1 N–H and O–H groups in total. The molecular formula is C25H21FN2O2. The lowest BCUT2D eigenvalue weighted by atomic mass is 9.97. The Morgan fingerprint density at radius 2 is 1.70 bits per heavy atom. The zero-order valence-electron chi connectivity index (χ0n) is 16.8. The summed E-state index contributed by atoms with van der Waals surface area (Å²) in [6.45, 7) is 2.22. The van der Waals surface area contributed by atoms with Crippen molar-refractivity contribution in [1.29, 1.82) is 0 Å². The normalized spacial score (nSPS) is 10.8. The van der Waals surface area contributed by atoms with Crippen LogP contribution >= 0.6 is 0 Å². The predicted molar refractivity (Wildman–Crippen MR) is 116 cm³/mol. The molecular weight excluding hydrogens is 379 g/mol. The van der Waals surface area contributed by atoms with Gasteiger partial charge in [0.25, 0.3) is 5.91 Å². The van der Waals surface area contributed by atoms with E-state index in [0.717, 1.165) is 39.0 Å². The summed E-state index contributed by atoms with van der Waals surface area (Å²) in [5, 5.41) is 3.75. The third kappa shape index (κ3) is 3.87. The van der Waals surface area contributed by atoms with Crippen LogP contribution in [0.15, 0.2) is 72.8 Å². The summed E-state index contributed by atoms with van der Waals surface area (Å²) in [6, 6.07) is 21.3. The van der Waals surface area contributed by atoms with Crippen molar-refractivity contribution >= 4 is 16.8 Å². The van der Waals surface area contributed by atoms with Crippen LogP contribution in [0, 0.1) is 12.7 Å². The van der Waals surface area contributed by atoms with Gasteiger partial charge in [-0.05, 0) is 60.5 Å². The van der Waals surface area contributed by atoms with Crippen molar-refractivity contribution in [2.45, 2.75) is 13.5 Å². The first-order valence-electron chi connectivity index (χ1n) is 9.63. The fourth-order valence-corrected chi connectivity index (χ4v) is 3.50. The van der Waals surface area contributed by atoms with Gasteiger partial charge in [0, 0.05) is 17.5 Å². The number of benzene rings is 3. The molecule has 1 heterocycles. The zero-order chi connectivity index (χ0) is 21.1. The molecule has 0 bridgehead atoms. The topological polar surface area (TPSA) is 51.2 Å². The Morgan fingerprint density at radius 3 is 2.40 bits per heavy atom. The molecule has 0 fully saturated rings. The molecule has 0 aliphatic heterocycles. The van der Waals surface area contributed by atoms with Crippen molar-refractivity contribution < 1.29 is 13.9 Å². The van der Waals surface area contributed by atoms with Crippen molar-refractivity contribution in [3.63, 3.8) is 0 Å². The van der Waals surface area contributed by atoms with Crippen molar-refractivity contribution in [1.82, 2.24) is 10.3 Å². The number of rotatable bonds is 5. The van der Waals surface area contributed by atoms with Crippen molar-refractivity contribution in [2.24, 2.45) is 0 Å². The van der Waals surface area contributed by atoms with Crippen molar-refractivity contribution in [2.75, 3.05) is 7.11 Å². The van der Waals surface area contributed by atoms with Gasteiger partial charge >= 0.3 is 0 Å². The summed E-state index contributed by atoms with van der Waals surface area (Å²) in [6.07, 6.45) is 0. The molecule has 0 saturated heterocycles. The maximum absolute atomic E-state index is 13.2. The minimum atomic E-state index is -0.301. The Bertz CT molecular complexity index is 1200. The second-order valence-corrected chi connectivity index (χ2v) is 7.02. The smallest absolute Gasteiger partial charge is 0.252 e. The molecule has 0 aliphatic carbocycles. The lowest BCUT2D eigenvalue weighted by molar-refractivity contribution is 0.0952. The van der Waals surface area contributed by atoms with E-state index in [1.54, 1.807) is 19.2 Å². The van der Waals surface area contributed by atoms with Crippen LogP contribution in [0.1, 0.15) is 21.5 Å². The lowest BCUT2D eigenvalue weighted by Crippen LogP contribution is -2.24. The monoisotopic (exact) mass is 400 g/mol. The number of para-hydroxylation sites is 1. The van der Waals surface area contributed by atoms with Gasteiger partial charge in [-0.3, -0.25) is 4.79 Å². The first-order valence-corrected chi connectivity index (χ1v) is 9.63. The van der Waals surface area contributed by atoms with Gasteiger partial charge in [-0.2, -0.15) is 0 Å². The second-order valence-electron chi connectivity index (χ2n) is 7.02. The highest BCUT2D eigenvalue weighted by Gasteiger charge is 2.18. The average molecular weight is 400 g/mol. The Hall–Kier alpha value is -3.73. The number of nitrogens with zero attached hydrogens (tertiary/aromatic N) is 1. The van der Waals surface area contributed by atoms with Gasteiger partial charge in [-0.15, -0.1) is 0 Å². The van der Waals surface area contributed by atoms with Crippen molar-refractivity contribution in [3.8, 4) is 17.0 Å². The molecule has 1 amide bonds. The highest BCUT2D eigenvalue weighted by molar-refractivity contribution is 6.08. The summed E-state index contributed by atoms with van der Waals surface area (Å²) < 4.78 is 18.4. The predicted octanol–water partition coefficient (Wildman–Crippen LogP) is 5.29. The van der Waals surface area contributed by atoms with Gasteiger partial charge in [0.15, 0.2) is 0 Å². The number of hydrogen-bond acceptors (Lipinski definition) is 3. The Kier molecular flexibility index (Phi) is 5.44. The first-order chi connectivity index (χ1) is 14.6. The number of halogens is 1. The van der Waals surface area contributed by atoms with E-state index in [-0.39, 0.29) is 11.7 Å². The molecule has 0 unspecified atom stereocenters. The van der Waals surface area contributed by atoms with Gasteiger partial charge in [-0.25, -0.2) is 9.37 Å². The standard InChI is InChI=1S/C25H21FN2O2/c1-16-23(25(29)27-15-17-7-11-19(26)12-8-17)21-5-3-4-6-22(21)28-24(16)18-9-13-20(30-2)14-10-18/h3-14H,15H2,1-2H3,(H,27,29). The number of fused-ring (bicyclic) bond motifs is 1. The maximum Gasteiger partial charge on any atom is 0.252 e. The van der Waals surface area contributed by atoms with E-state index in [1.807, 2.05) is 55.5 Å². The SMILES string of the molecule is COc1ccc(-c2nc3ccccc3c(C(=O)NCc3ccc(F)cc3)c2C)cc1. The van der Waals surface area contributed by atoms with Gasteiger partial charge in [-0.1, -0.05) is 30.3 Å². The molecule has 4 nitrogen and oxygen atoms in total. The number of carbonyl (C=O) groups is 1. The van der Waals surface area contributed by atoms with Crippen LogP contribution in [0.4, 0.5) is 4.39 Å². The van der Waals surface area contributed by atoms with Crippen LogP contribution in [-0.4, -0.2) is 18.0 Å². The number of ether oxygens (including phenoxy) is 1. The second kappa shape index (κ2) is 8.33. The summed E-state index contributed by atoms with van der Waals surface area (Å²) in [7, 11) is 1.62. The summed E-state index contributed by atoms with van der Waals surface area (Å²) in [5.74, 6) is 0.268. The van der Waals surface area contributed by atoms with E-state index in [4.69, 9.17) is 9.72 Å². The number of hydrogen-bond donors (Lipinski definition) is 1. The number of methoxy groups -OCH3 is 1. The van der Waals surface area contributed by atoms with Crippen LogP contribution in [0.25, 0.3) is 22.2 Å². The van der Waals surface area contributed by atoms with Gasteiger partial charge in [0.1, 0.15) is 11.6 Å². The highest BCUT2D eigenvalue weighted by atomic mass is 19.1. The largest absolute Gasteiger partial charge is 0.497 e. The van der Waals surface area contributed by atoms with E-state index in [1.165, 1.54) is 12.1 Å². The first kappa shape index (κ1) is 19.6. The maximum atomic E-state index is 13.2. The summed E-state index contributed by atoms with van der Waals surface area (Å²) in [4.78, 5) is 18.0. The Morgan fingerprint density at radius 1 is 1.00 bits per heavy atom. The van der Waals surface area contributed by atoms with E-state index in [9.17, 15) is 9.18 Å². The third-order valence-corrected chi connectivity index (χ3v) is 5.09. The molecule has 1 aromatic heterocycles. The number of nitrogens with one attached hydrogen (secondary N) is 1. The minimum Gasteiger partial charge on any atom is -0.497 e. The molecule has 150 valence electrons. The van der Waals surface area contributed by atoms with Crippen LogP contribution in [0.5, 0.6) is 5.75 Å². The molecule has 0 saturated carbocycles. The number of pyridine rings is 1. The fourth-order valence-electron chi connectivity index (χ4n) is 3.50. The molecule has 4 aromatic rings. The number of carbonyl (C=O) groups excluding carboxylic acids is 1. The van der Waals surface area contributed by atoms with Crippen LogP contribution in [0.2, 0.25) is 0 Å². The minimum absolute atomic E-state index is 0.190. The summed E-state index contributed by atoms with van der Waals surface area (Å²) in [5.41, 5.74) is 4.64. The Labute approximate surface area is 174 Å². The molecule has 30 heavy (non-hydrogen) atoms. The molecule has 0 spiro atoms. The van der Waals surface area contributed by atoms with Crippen LogP contribution < -0.4 is 10.1 Å². The fraction of sp³-hybridized carbons (Fsp3) is 0.120. The quantitative estimate of drug-likeness (QED) is 0.495. The van der Waals surface area contributed by atoms with Crippen molar-refractivity contribution in [3.05, 3.63) is 95.3 Å². The van der Waals surface area contributed by atoms with Gasteiger partial charge < -0.3 is 10.1 Å². The lowest BCUT2D eigenvalue weighted by Gasteiger charge is -2.15. The van der Waals surface area contributed by atoms with E-state index >= 15 is 0 Å². The third-order valence-electron chi connectivity index (χ3n) is 5.09. The average Bonchev–Trinajstić information content (AvgIpc) is 2.78. The molecule has 5 heteroatoms. The number of aromatic nitrogens is 1. The molecule has 4 rings (SSSR count). The molecule has 3 aromatic carbocycles. The van der Waals surface area contributed by atoms with Gasteiger partial charge in [0.2, 0.25) is 0 Å². The van der Waals surface area contributed by atoms with E-state index in [2.05, 4.69) is 5.32 Å². The number of amides is 1. The highest BCUT2D eigenvalue weighted by Crippen LogP contribution is 2.30. The summed E-state index contributed by atoms with van der Waals surface area (Å²) >= 11 is 0. The van der Waals surface area contributed by atoms with Crippen LogP contribution in [0.3, 0.4) is 0 Å². The molecule has 0 aliphatic rings. The van der Waals surface area contributed by atoms with Gasteiger partial charge in [0.05, 0.1) is 23.9 Å². The Balaban J connectivity index is 1.74. The molecule has 0 radical (unpaired) electrons. The zero-order valence-corrected chi connectivity index (χ0v) is 16.8. The van der Waals surface area contributed by atoms with Crippen LogP contribution in [-0.2, 0) is 6.54 Å². The van der Waals surface area contributed by atoms with E-state index in [0.29, 0.717) is 12.1 Å². The van der Waals surface area contributed by atoms with E-state index < -0.39 is 0 Å².